The summed E-state index contributed by atoms with van der Waals surface area (Å²) in [6.45, 7) is 11.3. The van der Waals surface area contributed by atoms with Gasteiger partial charge in [-0.05, 0) is 31.1 Å². The van der Waals surface area contributed by atoms with Crippen molar-refractivity contribution in [1.29, 1.82) is 0 Å². The summed E-state index contributed by atoms with van der Waals surface area (Å²) in [5.41, 5.74) is 0. The van der Waals surface area contributed by atoms with E-state index in [9.17, 15) is 14.4 Å². The lowest BCUT2D eigenvalue weighted by molar-refractivity contribution is -0.167. The normalized spacial score (nSPS) is 12.1. The molecule has 0 bridgehead atoms. The van der Waals surface area contributed by atoms with Crippen LogP contribution in [0.15, 0.2) is 0 Å². The number of esters is 3. The zero-order chi connectivity index (χ0) is 42.6. The van der Waals surface area contributed by atoms with E-state index in [1.165, 1.54) is 173 Å². The molecule has 6 nitrogen and oxygen atoms in total. The number of hydrogen-bond donors (Lipinski definition) is 0. The summed E-state index contributed by atoms with van der Waals surface area (Å²) in [6.07, 6.45) is 45.4. The van der Waals surface area contributed by atoms with Gasteiger partial charge in [0.05, 0.1) is 0 Å². The SMILES string of the molecule is CCCCCCCCCCCCCCCCCCCCC(=O)OC[C@H](COC(=O)CCCCCCCCC(C)C)OC(=O)CCCCCCCCCCCCC(C)C. The van der Waals surface area contributed by atoms with E-state index < -0.39 is 6.10 Å². The van der Waals surface area contributed by atoms with Crippen molar-refractivity contribution in [2.24, 2.45) is 11.8 Å². The van der Waals surface area contributed by atoms with Crippen molar-refractivity contribution in [1.82, 2.24) is 0 Å². The molecule has 0 fully saturated rings. The average Bonchev–Trinajstić information content (AvgIpc) is 3.19. The second-order valence-corrected chi connectivity index (χ2v) is 18.8. The molecular weight excluding hydrogens is 721 g/mol. The van der Waals surface area contributed by atoms with Gasteiger partial charge in [-0.25, -0.2) is 0 Å². The molecule has 0 saturated carbocycles. The van der Waals surface area contributed by atoms with Crippen LogP contribution in [0.4, 0.5) is 0 Å². The molecule has 0 amide bonds. The van der Waals surface area contributed by atoms with Crippen LogP contribution in [0.5, 0.6) is 0 Å². The Bertz CT molecular complexity index is 885. The van der Waals surface area contributed by atoms with E-state index in [4.69, 9.17) is 14.2 Å². The van der Waals surface area contributed by atoms with Crippen molar-refractivity contribution in [3.63, 3.8) is 0 Å². The van der Waals surface area contributed by atoms with Crippen LogP contribution in [0.1, 0.15) is 285 Å². The molecule has 0 aromatic heterocycles. The highest BCUT2D eigenvalue weighted by atomic mass is 16.6. The fourth-order valence-electron chi connectivity index (χ4n) is 7.81. The van der Waals surface area contributed by atoms with E-state index in [0.717, 1.165) is 69.6 Å². The predicted octanol–water partition coefficient (Wildman–Crippen LogP) is 16.5. The maximum Gasteiger partial charge on any atom is 0.306 e. The summed E-state index contributed by atoms with van der Waals surface area (Å²) >= 11 is 0. The second kappa shape index (κ2) is 44.9. The van der Waals surface area contributed by atoms with Crippen LogP contribution in [0.25, 0.3) is 0 Å². The van der Waals surface area contributed by atoms with Gasteiger partial charge in [0.15, 0.2) is 6.10 Å². The van der Waals surface area contributed by atoms with Gasteiger partial charge in [0.2, 0.25) is 0 Å². The van der Waals surface area contributed by atoms with Crippen LogP contribution in [0, 0.1) is 11.8 Å². The molecule has 0 aromatic carbocycles. The number of hydrogen-bond acceptors (Lipinski definition) is 6. The Morgan fingerprint density at radius 3 is 0.845 bits per heavy atom. The van der Waals surface area contributed by atoms with Gasteiger partial charge < -0.3 is 14.2 Å². The molecule has 0 aliphatic heterocycles. The van der Waals surface area contributed by atoms with Crippen molar-refractivity contribution in [2.45, 2.75) is 291 Å². The topological polar surface area (TPSA) is 78.9 Å². The molecule has 0 aromatic rings. The lowest BCUT2D eigenvalue weighted by Crippen LogP contribution is -2.30. The molecule has 0 saturated heterocycles. The third-order valence-electron chi connectivity index (χ3n) is 11.7. The van der Waals surface area contributed by atoms with E-state index in [1.54, 1.807) is 0 Å². The van der Waals surface area contributed by atoms with Crippen LogP contribution < -0.4 is 0 Å². The first-order valence-electron chi connectivity index (χ1n) is 25.7. The van der Waals surface area contributed by atoms with Crippen molar-refractivity contribution < 1.29 is 28.6 Å². The highest BCUT2D eigenvalue weighted by Crippen LogP contribution is 2.17. The van der Waals surface area contributed by atoms with E-state index in [0.29, 0.717) is 19.3 Å². The van der Waals surface area contributed by atoms with Gasteiger partial charge >= 0.3 is 17.9 Å². The molecule has 6 heteroatoms. The van der Waals surface area contributed by atoms with Gasteiger partial charge in [0, 0.05) is 19.3 Å². The van der Waals surface area contributed by atoms with E-state index in [1.807, 2.05) is 0 Å². The van der Waals surface area contributed by atoms with E-state index >= 15 is 0 Å². The third kappa shape index (κ3) is 45.5. The Morgan fingerprint density at radius 1 is 0.328 bits per heavy atom. The second-order valence-electron chi connectivity index (χ2n) is 18.8. The smallest absolute Gasteiger partial charge is 0.306 e. The van der Waals surface area contributed by atoms with Crippen LogP contribution in [0.3, 0.4) is 0 Å². The molecule has 0 aliphatic rings. The quantitative estimate of drug-likeness (QED) is 0.0346. The number of rotatable bonds is 46. The Balaban J connectivity index is 4.24. The fourth-order valence-corrected chi connectivity index (χ4v) is 7.81. The van der Waals surface area contributed by atoms with Crippen molar-refractivity contribution >= 4 is 17.9 Å². The third-order valence-corrected chi connectivity index (χ3v) is 11.7. The maximum atomic E-state index is 12.8. The first kappa shape index (κ1) is 56.4. The lowest BCUT2D eigenvalue weighted by Gasteiger charge is -2.18. The Kier molecular flexibility index (Phi) is 43.7. The van der Waals surface area contributed by atoms with Gasteiger partial charge in [-0.1, -0.05) is 247 Å². The lowest BCUT2D eigenvalue weighted by atomic mass is 10.0. The number of carbonyl (C=O) groups excluding carboxylic acids is 3. The summed E-state index contributed by atoms with van der Waals surface area (Å²) in [5, 5.41) is 0. The molecule has 344 valence electrons. The monoisotopic (exact) mass is 821 g/mol. The van der Waals surface area contributed by atoms with Crippen molar-refractivity contribution in [3.8, 4) is 0 Å². The van der Waals surface area contributed by atoms with Crippen LogP contribution in [0.2, 0.25) is 0 Å². The number of ether oxygens (including phenoxy) is 3. The Morgan fingerprint density at radius 2 is 0.569 bits per heavy atom. The molecule has 0 unspecified atom stereocenters. The van der Waals surface area contributed by atoms with Crippen LogP contribution in [-0.2, 0) is 28.6 Å². The molecule has 0 heterocycles. The van der Waals surface area contributed by atoms with Crippen LogP contribution >= 0.6 is 0 Å². The minimum atomic E-state index is -0.762. The Hall–Kier alpha value is -1.59. The molecule has 0 aliphatic carbocycles. The Labute approximate surface area is 361 Å². The molecular formula is C52H100O6. The van der Waals surface area contributed by atoms with E-state index in [2.05, 4.69) is 34.6 Å². The zero-order valence-electron chi connectivity index (χ0n) is 39.7. The van der Waals surface area contributed by atoms with Gasteiger partial charge in [0.25, 0.3) is 0 Å². The molecule has 0 radical (unpaired) electrons. The average molecular weight is 821 g/mol. The molecule has 0 spiro atoms. The van der Waals surface area contributed by atoms with Crippen molar-refractivity contribution in [2.75, 3.05) is 13.2 Å². The summed E-state index contributed by atoms with van der Waals surface area (Å²) < 4.78 is 16.8. The zero-order valence-corrected chi connectivity index (χ0v) is 39.7. The molecule has 58 heavy (non-hydrogen) atoms. The minimum absolute atomic E-state index is 0.0647. The van der Waals surface area contributed by atoms with Gasteiger partial charge in [-0.2, -0.15) is 0 Å². The number of unbranched alkanes of at least 4 members (excludes halogenated alkanes) is 31. The highest BCUT2D eigenvalue weighted by Gasteiger charge is 2.19. The van der Waals surface area contributed by atoms with Gasteiger partial charge in [-0.15, -0.1) is 0 Å². The van der Waals surface area contributed by atoms with Gasteiger partial charge in [0.1, 0.15) is 13.2 Å². The summed E-state index contributed by atoms with van der Waals surface area (Å²) in [4.78, 5) is 37.8. The molecule has 1 atom stereocenters. The summed E-state index contributed by atoms with van der Waals surface area (Å²) in [5.74, 6) is 0.725. The largest absolute Gasteiger partial charge is 0.462 e. The number of carbonyl (C=O) groups is 3. The predicted molar refractivity (Wildman–Crippen MR) is 247 cm³/mol. The fraction of sp³-hybridized carbons (Fsp3) is 0.942. The van der Waals surface area contributed by atoms with Crippen molar-refractivity contribution in [3.05, 3.63) is 0 Å². The highest BCUT2D eigenvalue weighted by molar-refractivity contribution is 5.71. The van der Waals surface area contributed by atoms with Crippen LogP contribution in [-0.4, -0.2) is 37.2 Å². The molecule has 0 N–H and O–H groups in total. The minimum Gasteiger partial charge on any atom is -0.462 e. The van der Waals surface area contributed by atoms with E-state index in [-0.39, 0.29) is 31.1 Å². The summed E-state index contributed by atoms with van der Waals surface area (Å²) in [7, 11) is 0. The molecule has 0 rings (SSSR count). The standard InChI is InChI=1S/C52H100O6/c1-6-7-8-9-10-11-12-13-14-15-16-17-18-19-23-26-32-37-42-50(53)56-45-49(46-57-51(54)43-38-33-29-28-31-36-41-48(4)5)58-52(55)44-39-34-27-24-21-20-22-25-30-35-40-47(2)3/h47-49H,6-46H2,1-5H3/t49-/m1/s1. The maximum absolute atomic E-state index is 12.8. The van der Waals surface area contributed by atoms with Gasteiger partial charge in [-0.3, -0.25) is 14.4 Å². The summed E-state index contributed by atoms with van der Waals surface area (Å²) in [6, 6.07) is 0. The first-order valence-corrected chi connectivity index (χ1v) is 25.7. The first-order chi connectivity index (χ1) is 28.2.